The number of ether oxygens (including phenoxy) is 1. The molecule has 1 aromatic carbocycles. The third kappa shape index (κ3) is 6.64. The van der Waals surface area contributed by atoms with Gasteiger partial charge in [0.2, 0.25) is 17.8 Å². The zero-order valence-corrected chi connectivity index (χ0v) is 19.2. The van der Waals surface area contributed by atoms with Crippen molar-refractivity contribution in [3.63, 3.8) is 0 Å². The first kappa shape index (κ1) is 23.4. The fourth-order valence-corrected chi connectivity index (χ4v) is 4.44. The molecule has 1 saturated carbocycles. The Bertz CT molecular complexity index is 900. The topological polar surface area (TPSA) is 107 Å². The highest BCUT2D eigenvalue weighted by atomic mass is 19.1. The SMILES string of the molecule is COc1ccc(Nc2nc(NC3CCCCCC3)nc(NC3CCN(CO)CC3)n2)cc1F. The molecule has 2 aliphatic rings. The summed E-state index contributed by atoms with van der Waals surface area (Å²) in [6.45, 7) is 1.73. The number of nitrogens with zero attached hydrogens (tertiary/aromatic N) is 4. The third-order valence-corrected chi connectivity index (χ3v) is 6.35. The number of nitrogens with one attached hydrogen (secondary N) is 3. The molecule has 1 saturated heterocycles. The number of likely N-dealkylation sites (tertiary alicyclic amines) is 1. The van der Waals surface area contributed by atoms with Crippen LogP contribution in [-0.4, -0.2) is 64.0 Å². The van der Waals surface area contributed by atoms with E-state index in [2.05, 4.69) is 30.9 Å². The maximum Gasteiger partial charge on any atom is 0.233 e. The molecule has 0 amide bonds. The van der Waals surface area contributed by atoms with Crippen LogP contribution in [0.3, 0.4) is 0 Å². The van der Waals surface area contributed by atoms with Crippen LogP contribution in [0, 0.1) is 5.82 Å². The Balaban J connectivity index is 1.52. The Morgan fingerprint density at radius 2 is 1.55 bits per heavy atom. The summed E-state index contributed by atoms with van der Waals surface area (Å²) < 4.78 is 19.2. The van der Waals surface area contributed by atoms with E-state index in [9.17, 15) is 9.50 Å². The molecular weight excluding hydrogens is 425 g/mol. The largest absolute Gasteiger partial charge is 0.494 e. The van der Waals surface area contributed by atoms with Crippen LogP contribution in [0.4, 0.5) is 27.9 Å². The molecule has 2 aromatic rings. The minimum atomic E-state index is -0.456. The van der Waals surface area contributed by atoms with Crippen molar-refractivity contribution < 1.29 is 14.2 Å². The zero-order chi connectivity index (χ0) is 23.0. The lowest BCUT2D eigenvalue weighted by atomic mass is 10.1. The molecule has 0 unspecified atom stereocenters. The fourth-order valence-electron chi connectivity index (χ4n) is 4.44. The lowest BCUT2D eigenvalue weighted by molar-refractivity contribution is 0.0863. The van der Waals surface area contributed by atoms with Gasteiger partial charge < -0.3 is 25.8 Å². The first-order valence-corrected chi connectivity index (χ1v) is 11.9. The molecule has 1 aliphatic heterocycles. The van der Waals surface area contributed by atoms with Crippen molar-refractivity contribution >= 4 is 23.5 Å². The number of aliphatic hydroxyl groups is 1. The van der Waals surface area contributed by atoms with Crippen molar-refractivity contribution in [1.82, 2.24) is 19.9 Å². The van der Waals surface area contributed by atoms with Crippen LogP contribution in [0.1, 0.15) is 51.4 Å². The third-order valence-electron chi connectivity index (χ3n) is 6.35. The van der Waals surface area contributed by atoms with Crippen LogP contribution < -0.4 is 20.7 Å². The second-order valence-electron chi connectivity index (χ2n) is 8.79. The van der Waals surface area contributed by atoms with Gasteiger partial charge in [-0.3, -0.25) is 4.90 Å². The monoisotopic (exact) mass is 459 g/mol. The Kier molecular flexibility index (Phi) is 8.11. The lowest BCUT2D eigenvalue weighted by Gasteiger charge is -2.30. The highest BCUT2D eigenvalue weighted by molar-refractivity contribution is 5.57. The van der Waals surface area contributed by atoms with Gasteiger partial charge in [-0.2, -0.15) is 15.0 Å². The van der Waals surface area contributed by atoms with Crippen LogP contribution in [0.2, 0.25) is 0 Å². The van der Waals surface area contributed by atoms with Gasteiger partial charge >= 0.3 is 0 Å². The molecule has 0 atom stereocenters. The van der Waals surface area contributed by atoms with Crippen molar-refractivity contribution in [2.24, 2.45) is 0 Å². The van der Waals surface area contributed by atoms with E-state index in [0.29, 0.717) is 29.6 Å². The van der Waals surface area contributed by atoms with Gasteiger partial charge in [0.25, 0.3) is 0 Å². The van der Waals surface area contributed by atoms with E-state index in [1.165, 1.54) is 38.9 Å². The second-order valence-corrected chi connectivity index (χ2v) is 8.79. The summed E-state index contributed by atoms with van der Waals surface area (Å²) in [5.74, 6) is 1.08. The summed E-state index contributed by atoms with van der Waals surface area (Å²) >= 11 is 0. The molecule has 4 N–H and O–H groups in total. The summed E-state index contributed by atoms with van der Waals surface area (Å²) in [7, 11) is 1.44. The van der Waals surface area contributed by atoms with Gasteiger partial charge in [0.15, 0.2) is 11.6 Å². The predicted molar refractivity (Wildman–Crippen MR) is 126 cm³/mol. The molecule has 0 bridgehead atoms. The van der Waals surface area contributed by atoms with Crippen LogP contribution >= 0.6 is 0 Å². The first-order valence-electron chi connectivity index (χ1n) is 11.9. The van der Waals surface area contributed by atoms with Crippen molar-refractivity contribution in [2.75, 3.05) is 42.9 Å². The molecule has 1 aliphatic carbocycles. The van der Waals surface area contributed by atoms with Gasteiger partial charge in [0, 0.05) is 36.9 Å². The molecule has 2 heterocycles. The number of methoxy groups -OCH3 is 1. The lowest BCUT2D eigenvalue weighted by Crippen LogP contribution is -2.39. The van der Waals surface area contributed by atoms with Crippen LogP contribution in [0.5, 0.6) is 5.75 Å². The number of rotatable bonds is 8. The molecule has 1 aromatic heterocycles. The molecule has 10 heteroatoms. The quantitative estimate of drug-likeness (QED) is 0.439. The van der Waals surface area contributed by atoms with E-state index in [1.807, 2.05) is 4.90 Å². The number of aliphatic hydroxyl groups excluding tert-OH is 1. The highest BCUT2D eigenvalue weighted by Crippen LogP contribution is 2.25. The second kappa shape index (κ2) is 11.4. The minimum absolute atomic E-state index is 0.0838. The number of aromatic nitrogens is 3. The fraction of sp³-hybridized carbons (Fsp3) is 0.609. The Labute approximate surface area is 194 Å². The van der Waals surface area contributed by atoms with Crippen LogP contribution in [0.25, 0.3) is 0 Å². The Morgan fingerprint density at radius 1 is 0.939 bits per heavy atom. The molecule has 4 rings (SSSR count). The van der Waals surface area contributed by atoms with Crippen molar-refractivity contribution in [2.45, 2.75) is 63.5 Å². The molecular formula is C23H34FN7O2. The Hall–Kier alpha value is -2.72. The van der Waals surface area contributed by atoms with Crippen LogP contribution in [-0.2, 0) is 0 Å². The van der Waals surface area contributed by atoms with Gasteiger partial charge in [-0.1, -0.05) is 25.7 Å². The standard InChI is InChI=1S/C23H34FN7O2/c1-33-20-9-8-18(14-19(20)24)27-23-29-21(25-16-6-4-2-3-5-7-16)28-22(30-23)26-17-10-12-31(15-32)13-11-17/h8-9,14,16-17,32H,2-7,10-13,15H2,1H3,(H3,25,26,27,28,29,30). The average molecular weight is 460 g/mol. The van der Waals surface area contributed by atoms with Gasteiger partial charge in [-0.15, -0.1) is 0 Å². The molecule has 9 nitrogen and oxygen atoms in total. The number of benzene rings is 1. The molecule has 2 fully saturated rings. The maximum atomic E-state index is 14.2. The average Bonchev–Trinajstić information content (AvgIpc) is 3.08. The van der Waals surface area contributed by atoms with E-state index in [-0.39, 0.29) is 18.5 Å². The number of anilines is 4. The van der Waals surface area contributed by atoms with Gasteiger partial charge in [0.05, 0.1) is 13.8 Å². The van der Waals surface area contributed by atoms with E-state index >= 15 is 0 Å². The van der Waals surface area contributed by atoms with E-state index in [0.717, 1.165) is 38.8 Å². The predicted octanol–water partition coefficient (Wildman–Crippen LogP) is 3.72. The normalized spacial score (nSPS) is 18.5. The summed E-state index contributed by atoms with van der Waals surface area (Å²) in [5.41, 5.74) is 0.530. The smallest absolute Gasteiger partial charge is 0.233 e. The molecule has 0 radical (unpaired) electrons. The Morgan fingerprint density at radius 3 is 2.12 bits per heavy atom. The van der Waals surface area contributed by atoms with Gasteiger partial charge in [0.1, 0.15) is 0 Å². The number of piperidine rings is 1. The van der Waals surface area contributed by atoms with Gasteiger partial charge in [-0.25, -0.2) is 4.39 Å². The number of halogens is 1. The van der Waals surface area contributed by atoms with E-state index < -0.39 is 5.82 Å². The number of hydrogen-bond acceptors (Lipinski definition) is 9. The molecule has 180 valence electrons. The van der Waals surface area contributed by atoms with Crippen molar-refractivity contribution in [1.29, 1.82) is 0 Å². The summed E-state index contributed by atoms with van der Waals surface area (Å²) in [5, 5.41) is 19.4. The van der Waals surface area contributed by atoms with Crippen LogP contribution in [0.15, 0.2) is 18.2 Å². The number of hydrogen-bond donors (Lipinski definition) is 4. The van der Waals surface area contributed by atoms with Crippen molar-refractivity contribution in [3.05, 3.63) is 24.0 Å². The summed E-state index contributed by atoms with van der Waals surface area (Å²) in [6.07, 6.45) is 8.92. The minimum Gasteiger partial charge on any atom is -0.494 e. The highest BCUT2D eigenvalue weighted by Gasteiger charge is 2.21. The maximum absolute atomic E-state index is 14.2. The first-order chi connectivity index (χ1) is 16.1. The summed E-state index contributed by atoms with van der Waals surface area (Å²) in [6, 6.07) is 5.20. The van der Waals surface area contributed by atoms with Crippen molar-refractivity contribution in [3.8, 4) is 5.75 Å². The van der Waals surface area contributed by atoms with E-state index in [1.54, 1.807) is 12.1 Å². The zero-order valence-electron chi connectivity index (χ0n) is 19.2. The summed E-state index contributed by atoms with van der Waals surface area (Å²) in [4.78, 5) is 15.8. The molecule has 0 spiro atoms. The molecule has 33 heavy (non-hydrogen) atoms. The van der Waals surface area contributed by atoms with E-state index in [4.69, 9.17) is 4.74 Å². The van der Waals surface area contributed by atoms with Gasteiger partial charge in [-0.05, 0) is 37.8 Å².